The molecule has 7 nitrogen and oxygen atoms in total. The number of nitrogen functional groups attached to an aromatic ring is 1. The monoisotopic (exact) mass is 368 g/mol. The molecule has 2 N–H and O–H groups in total. The summed E-state index contributed by atoms with van der Waals surface area (Å²) >= 11 is 1.28. The Balaban J connectivity index is 1.67. The van der Waals surface area contributed by atoms with E-state index in [1.165, 1.54) is 11.3 Å². The number of cyclic esters (lactones) is 2. The Hall–Kier alpha value is -1.67. The van der Waals surface area contributed by atoms with E-state index in [0.717, 1.165) is 6.42 Å². The minimum absolute atomic E-state index is 0.212. The van der Waals surface area contributed by atoms with Crippen LogP contribution in [0.4, 0.5) is 5.13 Å². The minimum Gasteiger partial charge on any atom is -0.459 e. The summed E-state index contributed by atoms with van der Waals surface area (Å²) < 4.78 is 16.6. The van der Waals surface area contributed by atoms with Crippen molar-refractivity contribution < 1.29 is 23.8 Å². The quantitative estimate of drug-likeness (QED) is 0.467. The second kappa shape index (κ2) is 6.57. The molecule has 2 saturated heterocycles. The first kappa shape index (κ1) is 18.1. The molecule has 0 bridgehead atoms. The van der Waals surface area contributed by atoms with E-state index in [1.54, 1.807) is 12.3 Å². The van der Waals surface area contributed by atoms with Crippen molar-refractivity contribution >= 4 is 28.4 Å². The van der Waals surface area contributed by atoms with Crippen LogP contribution in [0.2, 0.25) is 0 Å². The lowest BCUT2D eigenvalue weighted by molar-refractivity contribution is -0.160. The predicted molar refractivity (Wildman–Crippen MR) is 91.8 cm³/mol. The summed E-state index contributed by atoms with van der Waals surface area (Å²) in [6, 6.07) is 0. The maximum Gasteiger partial charge on any atom is 0.324 e. The third-order valence-electron chi connectivity index (χ3n) is 4.80. The number of ether oxygens (including phenoxy) is 3. The minimum atomic E-state index is -1.26. The number of thiazole rings is 1. The van der Waals surface area contributed by atoms with Gasteiger partial charge in [-0.1, -0.05) is 13.8 Å². The zero-order valence-corrected chi connectivity index (χ0v) is 15.6. The molecule has 0 amide bonds. The average molecular weight is 368 g/mol. The highest BCUT2D eigenvalue weighted by molar-refractivity contribution is 7.13. The van der Waals surface area contributed by atoms with E-state index in [1.807, 2.05) is 0 Å². The summed E-state index contributed by atoms with van der Waals surface area (Å²) in [7, 11) is 0. The Morgan fingerprint density at radius 2 is 2.20 bits per heavy atom. The summed E-state index contributed by atoms with van der Waals surface area (Å²) in [4.78, 5) is 29.2. The summed E-state index contributed by atoms with van der Waals surface area (Å²) in [6.45, 7) is 6.91. The van der Waals surface area contributed by atoms with Crippen LogP contribution in [0.15, 0.2) is 5.38 Å². The highest BCUT2D eigenvalue weighted by Gasteiger charge is 2.65. The van der Waals surface area contributed by atoms with Crippen molar-refractivity contribution in [3.8, 4) is 0 Å². The fraction of sp³-hybridized carbons (Fsp3) is 0.706. The number of nitrogens with two attached hydrogens (primary N) is 1. The topological polar surface area (TPSA) is 101 Å². The number of nitrogens with zero attached hydrogens (tertiary/aromatic N) is 1. The number of anilines is 1. The van der Waals surface area contributed by atoms with Gasteiger partial charge in [-0.25, -0.2) is 4.98 Å². The molecule has 0 aliphatic carbocycles. The van der Waals surface area contributed by atoms with Crippen LogP contribution in [0.25, 0.3) is 0 Å². The second-order valence-corrected chi connectivity index (χ2v) is 8.33. The van der Waals surface area contributed by atoms with Crippen LogP contribution in [0.5, 0.6) is 0 Å². The number of hydrogen-bond acceptors (Lipinski definition) is 8. The van der Waals surface area contributed by atoms with E-state index in [9.17, 15) is 9.59 Å². The van der Waals surface area contributed by atoms with Crippen LogP contribution < -0.4 is 5.73 Å². The van der Waals surface area contributed by atoms with Crippen LogP contribution in [0, 0.1) is 11.3 Å². The molecule has 1 spiro atoms. The molecule has 2 aliphatic heterocycles. The van der Waals surface area contributed by atoms with Gasteiger partial charge in [-0.05, 0) is 19.3 Å². The van der Waals surface area contributed by atoms with Crippen LogP contribution >= 0.6 is 11.3 Å². The van der Waals surface area contributed by atoms with Crippen molar-refractivity contribution in [2.75, 3.05) is 18.9 Å². The van der Waals surface area contributed by atoms with E-state index >= 15 is 0 Å². The van der Waals surface area contributed by atoms with Crippen LogP contribution in [-0.2, 0) is 29.4 Å². The molecule has 0 saturated carbocycles. The smallest absolute Gasteiger partial charge is 0.324 e. The van der Waals surface area contributed by atoms with Gasteiger partial charge in [0.25, 0.3) is 0 Å². The van der Waals surface area contributed by atoms with E-state index in [-0.39, 0.29) is 12.8 Å². The molecule has 0 aromatic carbocycles. The lowest BCUT2D eigenvalue weighted by Crippen LogP contribution is -2.32. The first-order valence-corrected chi connectivity index (χ1v) is 9.37. The summed E-state index contributed by atoms with van der Waals surface area (Å²) in [6.07, 6.45) is 1.01. The zero-order chi connectivity index (χ0) is 18.2. The number of hydrogen-bond donors (Lipinski definition) is 1. The number of aromatic nitrogens is 1. The van der Waals surface area contributed by atoms with Crippen molar-refractivity contribution in [3.05, 3.63) is 11.1 Å². The second-order valence-electron chi connectivity index (χ2n) is 7.44. The van der Waals surface area contributed by atoms with Gasteiger partial charge in [0.15, 0.2) is 16.1 Å². The molecule has 2 aliphatic rings. The van der Waals surface area contributed by atoms with Gasteiger partial charge in [-0.15, -0.1) is 11.3 Å². The van der Waals surface area contributed by atoms with Crippen molar-refractivity contribution in [2.24, 2.45) is 11.3 Å². The van der Waals surface area contributed by atoms with Gasteiger partial charge in [0, 0.05) is 24.8 Å². The van der Waals surface area contributed by atoms with E-state index in [4.69, 9.17) is 19.9 Å². The molecule has 1 aromatic rings. The maximum atomic E-state index is 12.5. The molecule has 0 unspecified atom stereocenters. The largest absolute Gasteiger partial charge is 0.459 e. The molecule has 8 heteroatoms. The third-order valence-corrected chi connectivity index (χ3v) is 5.47. The Labute approximate surface area is 150 Å². The fourth-order valence-corrected chi connectivity index (χ4v) is 4.06. The van der Waals surface area contributed by atoms with Gasteiger partial charge in [0.2, 0.25) is 0 Å². The Morgan fingerprint density at radius 1 is 1.44 bits per heavy atom. The van der Waals surface area contributed by atoms with Crippen molar-refractivity contribution in [1.29, 1.82) is 0 Å². The highest BCUT2D eigenvalue weighted by atomic mass is 32.1. The Kier molecular flexibility index (Phi) is 4.76. The number of rotatable bonds is 6. The van der Waals surface area contributed by atoms with Crippen LogP contribution in [0.1, 0.15) is 45.7 Å². The molecule has 2 fully saturated rings. The third kappa shape index (κ3) is 3.37. The molecule has 1 aromatic heterocycles. The van der Waals surface area contributed by atoms with Gasteiger partial charge >= 0.3 is 11.9 Å². The van der Waals surface area contributed by atoms with Crippen molar-refractivity contribution in [3.63, 3.8) is 0 Å². The van der Waals surface area contributed by atoms with Gasteiger partial charge in [0.05, 0.1) is 12.3 Å². The molecular formula is C17H24N2O5S. The fourth-order valence-electron chi connectivity index (χ4n) is 3.38. The first-order chi connectivity index (χ1) is 11.7. The summed E-state index contributed by atoms with van der Waals surface area (Å²) in [5, 5.41) is 2.16. The number of carbonyl (C=O) groups excluding carboxylic acids is 2. The van der Waals surface area contributed by atoms with E-state index in [0.29, 0.717) is 30.0 Å². The van der Waals surface area contributed by atoms with Crippen LogP contribution in [-0.4, -0.2) is 36.2 Å². The van der Waals surface area contributed by atoms with Crippen LogP contribution in [0.3, 0.4) is 0 Å². The van der Waals surface area contributed by atoms with Gasteiger partial charge in [0.1, 0.15) is 6.10 Å². The lowest BCUT2D eigenvalue weighted by Gasteiger charge is -2.20. The van der Waals surface area contributed by atoms with Crippen molar-refractivity contribution in [1.82, 2.24) is 4.98 Å². The molecule has 0 radical (unpaired) electrons. The maximum absolute atomic E-state index is 12.5. The Bertz CT molecular complexity index is 676. The lowest BCUT2D eigenvalue weighted by atomic mass is 9.78. The summed E-state index contributed by atoms with van der Waals surface area (Å²) in [5.41, 5.74) is 4.03. The average Bonchev–Trinajstić information content (AvgIpc) is 3.16. The first-order valence-electron chi connectivity index (χ1n) is 8.49. The number of carbonyl (C=O) groups is 2. The zero-order valence-electron chi connectivity index (χ0n) is 14.7. The highest BCUT2D eigenvalue weighted by Crippen LogP contribution is 2.52. The summed E-state index contributed by atoms with van der Waals surface area (Å²) in [5.74, 6) is -0.522. The predicted octanol–water partition coefficient (Wildman–Crippen LogP) is 2.25. The standard InChI is InChI=1S/C17H24N2O5S/c1-10(2)4-5-22-7-11-6-17(13(20)23-11)9-16(3,24-14(17)21)12-8-25-15(18)19-12/h8,10-11H,4-7,9H2,1-3H3,(H2,18,19)/t11-,16-,17+/m1/s1. The molecule has 3 atom stereocenters. The van der Waals surface area contributed by atoms with E-state index < -0.39 is 29.1 Å². The van der Waals surface area contributed by atoms with Gasteiger partial charge in [-0.3, -0.25) is 9.59 Å². The van der Waals surface area contributed by atoms with Crippen molar-refractivity contribution in [2.45, 2.75) is 51.7 Å². The van der Waals surface area contributed by atoms with E-state index in [2.05, 4.69) is 18.8 Å². The van der Waals surface area contributed by atoms with Gasteiger partial charge < -0.3 is 19.9 Å². The number of esters is 2. The molecule has 25 heavy (non-hydrogen) atoms. The van der Waals surface area contributed by atoms with Gasteiger partial charge in [-0.2, -0.15) is 0 Å². The molecule has 3 heterocycles. The molecule has 3 rings (SSSR count). The SMILES string of the molecule is CC(C)CCOC[C@H]1C[C@]2(C[C@](C)(c3csc(N)n3)OC2=O)C(=O)O1. The normalized spacial score (nSPS) is 31.8. The Morgan fingerprint density at radius 3 is 2.84 bits per heavy atom. The molecule has 138 valence electrons. The molecular weight excluding hydrogens is 344 g/mol.